The predicted octanol–water partition coefficient (Wildman–Crippen LogP) is 6.25. The molecule has 13 nitrogen and oxygen atoms in total. The number of rotatable bonds is 9. The number of nitrogens with one attached hydrogen (secondary N) is 1. The maximum atomic E-state index is 13.3. The van der Waals surface area contributed by atoms with E-state index in [1.807, 2.05) is 0 Å². The summed E-state index contributed by atoms with van der Waals surface area (Å²) in [6.45, 7) is 1.73. The number of anilines is 1. The van der Waals surface area contributed by atoms with E-state index in [0.717, 1.165) is 23.8 Å². The molecule has 5 rings (SSSR count). The van der Waals surface area contributed by atoms with Gasteiger partial charge in [-0.1, -0.05) is 47.5 Å². The monoisotopic (exact) mass is 749 g/mol. The number of aryl methyl sites for hydroxylation is 1. The summed E-state index contributed by atoms with van der Waals surface area (Å²) >= 11 is 6.13. The Hall–Kier alpha value is -2.58. The third kappa shape index (κ3) is 9.15. The Morgan fingerprint density at radius 3 is 2.00 bits per heavy atom. The van der Waals surface area contributed by atoms with Gasteiger partial charge in [0.2, 0.25) is 0 Å². The zero-order valence-corrected chi connectivity index (χ0v) is 32.6. The van der Waals surface area contributed by atoms with E-state index >= 15 is 0 Å². The summed E-state index contributed by atoms with van der Waals surface area (Å²) in [5.41, 5.74) is -0.687. The first kappa shape index (κ1) is 39.9. The van der Waals surface area contributed by atoms with Gasteiger partial charge in [0, 0.05) is 64.1 Å². The SMILES string of the molecule is Cc1ccc(S(=O)(=O)Nc2cc(S(=O)(=O)O)cc3cc(S(=O)(=O)O)c(N=Nc4cc(Cl)ccc4Oc4ccccc4)c(O)c23)cc1.[Na].[Na]. The number of sulfonamides is 1. The van der Waals surface area contributed by atoms with Crippen LogP contribution in [-0.4, -0.2) is 98.6 Å². The average Bonchev–Trinajstić information content (AvgIpc) is 2.97. The molecule has 5 aromatic rings. The minimum atomic E-state index is -5.18. The summed E-state index contributed by atoms with van der Waals surface area (Å²) in [7, 11) is -14.6. The van der Waals surface area contributed by atoms with Crippen LogP contribution in [0.3, 0.4) is 0 Å². The van der Waals surface area contributed by atoms with Crippen LogP contribution in [0.2, 0.25) is 5.02 Å². The molecule has 0 amide bonds. The van der Waals surface area contributed by atoms with Crippen molar-refractivity contribution in [3.8, 4) is 17.2 Å². The number of phenols is 1. The number of hydrogen-bond donors (Lipinski definition) is 4. The molecular formula is C29H22ClN3Na2O10S3. The third-order valence-corrected chi connectivity index (χ3v) is 9.74. The maximum absolute atomic E-state index is 13.3. The van der Waals surface area contributed by atoms with Gasteiger partial charge in [0.1, 0.15) is 22.0 Å². The van der Waals surface area contributed by atoms with Gasteiger partial charge in [-0.3, -0.25) is 13.8 Å². The van der Waals surface area contributed by atoms with Gasteiger partial charge in [-0.25, -0.2) is 8.42 Å². The van der Waals surface area contributed by atoms with E-state index in [2.05, 4.69) is 15.0 Å². The van der Waals surface area contributed by atoms with Crippen molar-refractivity contribution >= 4 is 129 Å². The second-order valence-electron chi connectivity index (χ2n) is 9.74. The van der Waals surface area contributed by atoms with Crippen molar-refractivity contribution in [3.05, 3.63) is 102 Å². The number of fused-ring (bicyclic) bond motifs is 1. The van der Waals surface area contributed by atoms with Crippen LogP contribution < -0.4 is 9.46 Å². The van der Waals surface area contributed by atoms with Crippen LogP contribution in [0.5, 0.6) is 17.2 Å². The van der Waals surface area contributed by atoms with Gasteiger partial charge in [-0.2, -0.15) is 16.8 Å². The Kier molecular flexibility index (Phi) is 12.9. The van der Waals surface area contributed by atoms with E-state index in [1.54, 1.807) is 37.3 Å². The van der Waals surface area contributed by atoms with Crippen LogP contribution in [0, 0.1) is 6.92 Å². The Morgan fingerprint density at radius 2 is 1.40 bits per heavy atom. The number of phenolic OH excluding ortho intramolecular Hbond substituents is 1. The fourth-order valence-electron chi connectivity index (χ4n) is 4.28. The normalized spacial score (nSPS) is 11.9. The second-order valence-corrected chi connectivity index (χ2v) is 14.7. The Bertz CT molecular complexity index is 2360. The van der Waals surface area contributed by atoms with Crippen molar-refractivity contribution in [3.63, 3.8) is 0 Å². The van der Waals surface area contributed by atoms with Crippen LogP contribution >= 0.6 is 11.6 Å². The first-order valence-corrected chi connectivity index (χ1v) is 17.6. The van der Waals surface area contributed by atoms with Gasteiger partial charge in [0.15, 0.2) is 11.5 Å². The van der Waals surface area contributed by atoms with Crippen molar-refractivity contribution in [2.45, 2.75) is 21.6 Å². The van der Waals surface area contributed by atoms with Gasteiger partial charge in [0.25, 0.3) is 30.3 Å². The van der Waals surface area contributed by atoms with E-state index < -0.39 is 67.9 Å². The number of aromatic hydroxyl groups is 1. The molecule has 5 aromatic carbocycles. The van der Waals surface area contributed by atoms with Gasteiger partial charge < -0.3 is 9.84 Å². The Balaban J connectivity index is 0.00000312. The van der Waals surface area contributed by atoms with Crippen molar-refractivity contribution in [2.24, 2.45) is 10.2 Å². The second kappa shape index (κ2) is 15.5. The molecule has 0 fully saturated rings. The molecule has 0 saturated carbocycles. The smallest absolute Gasteiger partial charge is 0.296 e. The molecule has 0 spiro atoms. The molecule has 240 valence electrons. The summed E-state index contributed by atoms with van der Waals surface area (Å²) in [4.78, 5) is -2.10. The first-order chi connectivity index (χ1) is 21.5. The van der Waals surface area contributed by atoms with Crippen LogP contribution in [0.1, 0.15) is 5.56 Å². The van der Waals surface area contributed by atoms with Crippen molar-refractivity contribution in [1.82, 2.24) is 0 Å². The van der Waals surface area contributed by atoms with Gasteiger partial charge in [0.05, 0.1) is 20.9 Å². The molecule has 0 bridgehead atoms. The minimum Gasteiger partial charge on any atom is -0.505 e. The zero-order chi connectivity index (χ0) is 33.4. The van der Waals surface area contributed by atoms with Crippen LogP contribution in [-0.2, 0) is 30.3 Å². The molecule has 4 N–H and O–H groups in total. The van der Waals surface area contributed by atoms with Crippen LogP contribution in [0.15, 0.2) is 116 Å². The molecular weight excluding hydrogens is 728 g/mol. The fourth-order valence-corrected chi connectivity index (χ4v) is 6.71. The molecule has 0 aliphatic rings. The largest absolute Gasteiger partial charge is 0.505 e. The zero-order valence-electron chi connectivity index (χ0n) is 25.4. The van der Waals surface area contributed by atoms with Crippen molar-refractivity contribution in [1.29, 1.82) is 0 Å². The van der Waals surface area contributed by atoms with Gasteiger partial charge in [-0.05, 0) is 73.0 Å². The summed E-state index contributed by atoms with van der Waals surface area (Å²) < 4.78 is 103. The van der Waals surface area contributed by atoms with Gasteiger partial charge in [-0.15, -0.1) is 10.2 Å². The summed E-state index contributed by atoms with van der Waals surface area (Å²) in [6, 6.07) is 20.6. The maximum Gasteiger partial charge on any atom is 0.296 e. The molecule has 2 radical (unpaired) electrons. The van der Waals surface area contributed by atoms with Gasteiger partial charge >= 0.3 is 0 Å². The summed E-state index contributed by atoms with van der Waals surface area (Å²) in [5.74, 6) is -0.476. The predicted molar refractivity (Wildman–Crippen MR) is 181 cm³/mol. The number of ether oxygens (including phenoxy) is 1. The molecule has 48 heavy (non-hydrogen) atoms. The Labute approximate surface area is 325 Å². The number of azo groups is 1. The third-order valence-electron chi connectivity index (χ3n) is 6.42. The van der Waals surface area contributed by atoms with Crippen LogP contribution in [0.25, 0.3) is 10.8 Å². The Morgan fingerprint density at radius 1 is 0.750 bits per heavy atom. The molecule has 0 aromatic heterocycles. The average molecular weight is 750 g/mol. The van der Waals surface area contributed by atoms with E-state index in [9.17, 15) is 39.5 Å². The molecule has 0 saturated heterocycles. The fraction of sp³-hybridized carbons (Fsp3) is 0.0345. The molecule has 0 heterocycles. The number of para-hydroxylation sites is 1. The van der Waals surface area contributed by atoms with E-state index in [-0.39, 0.29) is 80.5 Å². The molecule has 0 aliphatic heterocycles. The topological polar surface area (TPSA) is 209 Å². The summed E-state index contributed by atoms with van der Waals surface area (Å²) in [6.07, 6.45) is 0. The number of halogens is 1. The molecule has 0 aliphatic carbocycles. The minimum absolute atomic E-state index is 0. The number of nitrogens with zero attached hydrogens (tertiary/aromatic N) is 2. The quantitative estimate of drug-likeness (QED) is 0.0756. The van der Waals surface area contributed by atoms with Crippen molar-refractivity contribution < 1.29 is 44.2 Å². The first-order valence-electron chi connectivity index (χ1n) is 12.9. The standard InChI is InChI=1S/C29H22ClN3O10S3.2Na/c1-17-7-10-21(11-8-17)44(35,36)33-24-16-22(45(37,38)39)13-18-14-26(46(40,41)42)28(29(34)27(18)24)32-31-23-15-19(30)9-12-25(23)43-20-5-3-2-4-6-20;;/h2-16,33-34H,1H3,(H,37,38,39)(H,40,41,42);;. The molecule has 0 atom stereocenters. The molecule has 19 heteroatoms. The number of benzene rings is 5. The van der Waals surface area contributed by atoms with E-state index in [4.69, 9.17) is 16.3 Å². The van der Waals surface area contributed by atoms with E-state index in [1.165, 1.54) is 42.5 Å². The van der Waals surface area contributed by atoms with E-state index in [0.29, 0.717) is 5.75 Å². The van der Waals surface area contributed by atoms with Crippen molar-refractivity contribution in [2.75, 3.05) is 4.72 Å². The molecule has 0 unspecified atom stereocenters. The summed E-state index contributed by atoms with van der Waals surface area (Å²) in [5, 5.41) is 18.6. The van der Waals surface area contributed by atoms with Crippen LogP contribution in [0.4, 0.5) is 17.1 Å². The number of hydrogen-bond acceptors (Lipinski definition) is 10.